The maximum absolute atomic E-state index is 10.0. The number of benzene rings is 2. The highest BCUT2D eigenvalue weighted by molar-refractivity contribution is 5.53. The van der Waals surface area contributed by atoms with Gasteiger partial charge < -0.3 is 9.84 Å². The van der Waals surface area contributed by atoms with Gasteiger partial charge in [-0.25, -0.2) is 0 Å². The molecule has 0 spiro atoms. The third-order valence-corrected chi connectivity index (χ3v) is 4.08. The predicted octanol–water partition coefficient (Wildman–Crippen LogP) is 5.52. The zero-order valence-electron chi connectivity index (χ0n) is 14.6. The van der Waals surface area contributed by atoms with Gasteiger partial charge in [-0.2, -0.15) is 0 Å². The quantitative estimate of drug-likeness (QED) is 0.806. The van der Waals surface area contributed by atoms with Crippen LogP contribution in [-0.2, 0) is 5.41 Å². The minimum atomic E-state index is 0.104. The standard InChI is InChI=1S/C21H26O2/c1-15(19-14-18(23-5)12-13-20(19)22)6-7-16-8-10-17(11-9-16)21(2,3)4/h6-15,22H,1-5H3. The molecule has 0 aliphatic rings. The topological polar surface area (TPSA) is 29.5 Å². The van der Waals surface area contributed by atoms with Gasteiger partial charge in [-0.1, -0.05) is 64.1 Å². The molecule has 2 aromatic rings. The first-order chi connectivity index (χ1) is 10.8. The van der Waals surface area contributed by atoms with E-state index in [4.69, 9.17) is 4.74 Å². The van der Waals surface area contributed by atoms with Crippen LogP contribution in [0.4, 0.5) is 0 Å². The number of rotatable bonds is 4. The lowest BCUT2D eigenvalue weighted by molar-refractivity contribution is 0.410. The van der Waals surface area contributed by atoms with Crippen molar-refractivity contribution in [1.29, 1.82) is 0 Å². The summed E-state index contributed by atoms with van der Waals surface area (Å²) in [6, 6.07) is 13.9. The fraction of sp³-hybridized carbons (Fsp3) is 0.333. The molecule has 1 N–H and O–H groups in total. The van der Waals surface area contributed by atoms with Crippen LogP contribution in [0.15, 0.2) is 48.5 Å². The summed E-state index contributed by atoms with van der Waals surface area (Å²) in [5, 5.41) is 10.0. The minimum Gasteiger partial charge on any atom is -0.508 e. The summed E-state index contributed by atoms with van der Waals surface area (Å²) in [7, 11) is 1.63. The Balaban J connectivity index is 2.16. The van der Waals surface area contributed by atoms with E-state index in [1.54, 1.807) is 19.2 Å². The van der Waals surface area contributed by atoms with Gasteiger partial charge in [-0.05, 0) is 34.7 Å². The highest BCUT2D eigenvalue weighted by atomic mass is 16.5. The van der Waals surface area contributed by atoms with Crippen molar-refractivity contribution >= 4 is 6.08 Å². The SMILES string of the molecule is COc1ccc(O)c(C(C)C=Cc2ccc(C(C)(C)C)cc2)c1. The van der Waals surface area contributed by atoms with Crippen molar-refractivity contribution in [3.63, 3.8) is 0 Å². The molecular formula is C21H26O2. The van der Waals surface area contributed by atoms with E-state index in [1.165, 1.54) is 5.56 Å². The monoisotopic (exact) mass is 310 g/mol. The molecule has 122 valence electrons. The Labute approximate surface area is 139 Å². The van der Waals surface area contributed by atoms with Gasteiger partial charge in [0.1, 0.15) is 11.5 Å². The highest BCUT2D eigenvalue weighted by Crippen LogP contribution is 2.31. The molecule has 0 saturated heterocycles. The van der Waals surface area contributed by atoms with E-state index >= 15 is 0 Å². The van der Waals surface area contributed by atoms with E-state index < -0.39 is 0 Å². The van der Waals surface area contributed by atoms with Crippen molar-refractivity contribution in [2.75, 3.05) is 7.11 Å². The zero-order chi connectivity index (χ0) is 17.0. The average molecular weight is 310 g/mol. The van der Waals surface area contributed by atoms with E-state index in [0.29, 0.717) is 5.75 Å². The number of methoxy groups -OCH3 is 1. The lowest BCUT2D eigenvalue weighted by Gasteiger charge is -2.18. The molecule has 0 bridgehead atoms. The smallest absolute Gasteiger partial charge is 0.119 e. The van der Waals surface area contributed by atoms with E-state index in [-0.39, 0.29) is 11.3 Å². The minimum absolute atomic E-state index is 0.104. The van der Waals surface area contributed by atoms with Gasteiger partial charge >= 0.3 is 0 Å². The van der Waals surface area contributed by atoms with Crippen LogP contribution in [0.25, 0.3) is 6.08 Å². The summed E-state index contributed by atoms with van der Waals surface area (Å²) in [5.74, 6) is 1.16. The van der Waals surface area contributed by atoms with E-state index in [2.05, 4.69) is 64.1 Å². The molecule has 23 heavy (non-hydrogen) atoms. The summed E-state index contributed by atoms with van der Waals surface area (Å²) in [5.41, 5.74) is 3.52. The number of aromatic hydroxyl groups is 1. The maximum atomic E-state index is 10.0. The molecule has 1 atom stereocenters. The van der Waals surface area contributed by atoms with Crippen LogP contribution in [0.3, 0.4) is 0 Å². The Bertz CT molecular complexity index is 676. The number of ether oxygens (including phenoxy) is 1. The van der Waals surface area contributed by atoms with Crippen molar-refractivity contribution in [1.82, 2.24) is 0 Å². The third kappa shape index (κ3) is 4.38. The van der Waals surface area contributed by atoms with Crippen molar-refractivity contribution in [2.45, 2.75) is 39.0 Å². The molecule has 0 heterocycles. The molecule has 0 aliphatic carbocycles. The van der Waals surface area contributed by atoms with Crippen molar-refractivity contribution in [2.24, 2.45) is 0 Å². The summed E-state index contributed by atoms with van der Waals surface area (Å²) in [6.45, 7) is 8.71. The first kappa shape index (κ1) is 17.1. The average Bonchev–Trinajstić information content (AvgIpc) is 2.52. The summed E-state index contributed by atoms with van der Waals surface area (Å²) < 4.78 is 5.23. The Hall–Kier alpha value is -2.22. The Kier molecular flexibility index (Phi) is 5.15. The van der Waals surface area contributed by atoms with E-state index in [0.717, 1.165) is 16.9 Å². The highest BCUT2D eigenvalue weighted by Gasteiger charge is 2.12. The van der Waals surface area contributed by atoms with Crippen LogP contribution in [0.1, 0.15) is 50.3 Å². The van der Waals surface area contributed by atoms with Gasteiger partial charge in [-0.3, -0.25) is 0 Å². The number of hydrogen-bond acceptors (Lipinski definition) is 2. The first-order valence-electron chi connectivity index (χ1n) is 7.97. The molecule has 2 nitrogen and oxygen atoms in total. The first-order valence-corrected chi connectivity index (χ1v) is 7.97. The molecule has 0 saturated carbocycles. The molecule has 1 unspecified atom stereocenters. The second kappa shape index (κ2) is 6.91. The summed E-state index contributed by atoms with van der Waals surface area (Å²) >= 11 is 0. The van der Waals surface area contributed by atoms with Gasteiger partial charge in [0.25, 0.3) is 0 Å². The largest absolute Gasteiger partial charge is 0.508 e. The lowest BCUT2D eigenvalue weighted by atomic mass is 9.86. The van der Waals surface area contributed by atoms with Crippen LogP contribution in [0.2, 0.25) is 0 Å². The molecular weight excluding hydrogens is 284 g/mol. The lowest BCUT2D eigenvalue weighted by Crippen LogP contribution is -2.10. The Morgan fingerprint density at radius 2 is 1.70 bits per heavy atom. The molecule has 2 aromatic carbocycles. The maximum Gasteiger partial charge on any atom is 0.119 e. The van der Waals surface area contributed by atoms with Crippen LogP contribution in [0, 0.1) is 0 Å². The van der Waals surface area contributed by atoms with Crippen LogP contribution in [0.5, 0.6) is 11.5 Å². The fourth-order valence-corrected chi connectivity index (χ4v) is 2.48. The number of phenolic OH excluding ortho intramolecular Hbond substituents is 1. The fourth-order valence-electron chi connectivity index (χ4n) is 2.48. The van der Waals surface area contributed by atoms with Gasteiger partial charge in [0, 0.05) is 11.5 Å². The Morgan fingerprint density at radius 3 is 2.26 bits per heavy atom. The van der Waals surface area contributed by atoms with Crippen LogP contribution in [-0.4, -0.2) is 12.2 Å². The second-order valence-electron chi connectivity index (χ2n) is 6.94. The molecule has 0 amide bonds. The number of phenols is 1. The summed E-state index contributed by atoms with van der Waals surface area (Å²) in [4.78, 5) is 0. The zero-order valence-corrected chi connectivity index (χ0v) is 14.6. The van der Waals surface area contributed by atoms with E-state index in [9.17, 15) is 5.11 Å². The van der Waals surface area contributed by atoms with Gasteiger partial charge in [0.15, 0.2) is 0 Å². The van der Waals surface area contributed by atoms with Crippen molar-refractivity contribution in [3.8, 4) is 11.5 Å². The molecule has 0 aliphatic heterocycles. The normalized spacial score (nSPS) is 13.3. The molecule has 0 radical (unpaired) electrons. The molecule has 0 fully saturated rings. The Morgan fingerprint density at radius 1 is 1.04 bits per heavy atom. The van der Waals surface area contributed by atoms with E-state index in [1.807, 2.05) is 6.07 Å². The van der Waals surface area contributed by atoms with Crippen LogP contribution >= 0.6 is 0 Å². The molecule has 2 rings (SSSR count). The van der Waals surface area contributed by atoms with Gasteiger partial charge in [-0.15, -0.1) is 0 Å². The molecule has 0 aromatic heterocycles. The third-order valence-electron chi connectivity index (χ3n) is 4.08. The van der Waals surface area contributed by atoms with Crippen molar-refractivity contribution in [3.05, 3.63) is 65.2 Å². The predicted molar refractivity (Wildman–Crippen MR) is 97.2 cm³/mol. The van der Waals surface area contributed by atoms with Crippen molar-refractivity contribution < 1.29 is 9.84 Å². The second-order valence-corrected chi connectivity index (χ2v) is 6.94. The van der Waals surface area contributed by atoms with Gasteiger partial charge in [0.05, 0.1) is 7.11 Å². The van der Waals surface area contributed by atoms with Gasteiger partial charge in [0.2, 0.25) is 0 Å². The summed E-state index contributed by atoms with van der Waals surface area (Å²) in [6.07, 6.45) is 4.19. The number of hydrogen-bond donors (Lipinski definition) is 1. The number of allylic oxidation sites excluding steroid dienone is 1. The molecule has 2 heteroatoms. The van der Waals surface area contributed by atoms with Crippen LogP contribution < -0.4 is 4.74 Å².